The summed E-state index contributed by atoms with van der Waals surface area (Å²) in [7, 11) is 1.84. The summed E-state index contributed by atoms with van der Waals surface area (Å²) in [5, 5.41) is 18.5. The Morgan fingerprint density at radius 3 is 2.84 bits per heavy atom. The van der Waals surface area contributed by atoms with E-state index in [4.69, 9.17) is 10.9 Å². The largest absolute Gasteiger partial charge is 0.409 e. The molecule has 106 valence electrons. The van der Waals surface area contributed by atoms with Crippen molar-refractivity contribution in [2.45, 2.75) is 26.7 Å². The predicted molar refractivity (Wildman–Crippen MR) is 71.7 cm³/mol. The maximum absolute atomic E-state index is 12.1. The van der Waals surface area contributed by atoms with Crippen molar-refractivity contribution < 1.29 is 10.0 Å². The van der Waals surface area contributed by atoms with Gasteiger partial charge in [0.15, 0.2) is 5.84 Å². The van der Waals surface area contributed by atoms with Crippen LogP contribution in [0.25, 0.3) is 0 Å². The van der Waals surface area contributed by atoms with E-state index in [-0.39, 0.29) is 11.7 Å². The van der Waals surface area contributed by atoms with E-state index in [0.717, 1.165) is 5.56 Å². The van der Waals surface area contributed by atoms with E-state index in [1.165, 1.54) is 0 Å². The van der Waals surface area contributed by atoms with Crippen LogP contribution in [0.1, 0.15) is 25.8 Å². The Kier molecular flexibility index (Phi) is 4.91. The van der Waals surface area contributed by atoms with Crippen LogP contribution in [0.4, 0.5) is 0 Å². The molecule has 1 aromatic rings. The first-order valence-corrected chi connectivity index (χ1v) is 6.18. The Balaban J connectivity index is 2.54. The smallest absolute Gasteiger partial charge is 0.233 e. The first-order valence-electron chi connectivity index (χ1n) is 6.18. The fraction of sp³-hybridized carbons (Fsp3) is 0.583. The number of carbonyl (C=O) groups excluding carboxylic acids is 1. The molecule has 0 radical (unpaired) electrons. The van der Waals surface area contributed by atoms with Gasteiger partial charge in [-0.3, -0.25) is 9.48 Å². The molecular formula is C12H21N5O2. The van der Waals surface area contributed by atoms with Gasteiger partial charge in [-0.25, -0.2) is 0 Å². The number of rotatable bonds is 6. The molecule has 0 aromatic carbocycles. The number of oxime groups is 1. The highest BCUT2D eigenvalue weighted by molar-refractivity contribution is 6.06. The molecule has 0 saturated carbocycles. The van der Waals surface area contributed by atoms with Crippen LogP contribution in [-0.4, -0.2) is 33.3 Å². The van der Waals surface area contributed by atoms with Gasteiger partial charge in [-0.1, -0.05) is 12.1 Å². The maximum Gasteiger partial charge on any atom is 0.233 e. The molecule has 1 aromatic heterocycles. The molecule has 1 atom stereocenters. The molecule has 1 amide bonds. The Morgan fingerprint density at radius 2 is 2.37 bits per heavy atom. The third kappa shape index (κ3) is 3.46. The molecule has 0 fully saturated rings. The first kappa shape index (κ1) is 15.0. The van der Waals surface area contributed by atoms with E-state index >= 15 is 0 Å². The minimum absolute atomic E-state index is 0.0751. The molecule has 1 unspecified atom stereocenters. The topological polar surface area (TPSA) is 106 Å². The molecule has 0 bridgehead atoms. The van der Waals surface area contributed by atoms with Crippen molar-refractivity contribution in [1.82, 2.24) is 15.1 Å². The first-order chi connectivity index (χ1) is 8.93. The molecule has 19 heavy (non-hydrogen) atoms. The molecule has 4 N–H and O–H groups in total. The van der Waals surface area contributed by atoms with Crippen LogP contribution in [-0.2, 0) is 18.3 Å². The second-order valence-corrected chi connectivity index (χ2v) is 4.70. The third-order valence-electron chi connectivity index (χ3n) is 3.34. The average molecular weight is 267 g/mol. The van der Waals surface area contributed by atoms with Crippen molar-refractivity contribution in [3.63, 3.8) is 0 Å². The van der Waals surface area contributed by atoms with Crippen molar-refractivity contribution in [2.24, 2.45) is 23.4 Å². The Bertz CT molecular complexity index is 468. The number of nitrogens with two attached hydrogens (primary N) is 1. The summed E-state index contributed by atoms with van der Waals surface area (Å²) in [6, 6.07) is 0. The molecule has 0 spiro atoms. The van der Waals surface area contributed by atoms with Crippen LogP contribution < -0.4 is 11.1 Å². The van der Waals surface area contributed by atoms with Gasteiger partial charge in [-0.2, -0.15) is 5.10 Å². The van der Waals surface area contributed by atoms with Gasteiger partial charge >= 0.3 is 0 Å². The second-order valence-electron chi connectivity index (χ2n) is 4.70. The zero-order valence-corrected chi connectivity index (χ0v) is 11.6. The summed E-state index contributed by atoms with van der Waals surface area (Å²) in [5.74, 6) is -0.317. The van der Waals surface area contributed by atoms with E-state index in [1.807, 2.05) is 20.2 Å². The lowest BCUT2D eigenvalue weighted by molar-refractivity contribution is -0.127. The quantitative estimate of drug-likeness (QED) is 0.297. The van der Waals surface area contributed by atoms with Crippen LogP contribution in [0.2, 0.25) is 0 Å². The second kappa shape index (κ2) is 6.21. The molecule has 0 saturated heterocycles. The van der Waals surface area contributed by atoms with Gasteiger partial charge < -0.3 is 16.3 Å². The predicted octanol–water partition coefficient (Wildman–Crippen LogP) is 0.242. The summed E-state index contributed by atoms with van der Waals surface area (Å²) in [6.45, 7) is 3.96. The number of nitrogens with one attached hydrogen (secondary N) is 1. The van der Waals surface area contributed by atoms with Gasteiger partial charge in [0.2, 0.25) is 5.91 Å². The molecule has 7 heteroatoms. The number of nitrogens with zero attached hydrogens (tertiary/aromatic N) is 3. The van der Waals surface area contributed by atoms with E-state index in [2.05, 4.69) is 15.6 Å². The normalized spacial score (nSPS) is 15.0. The summed E-state index contributed by atoms with van der Waals surface area (Å²) in [6.07, 6.45) is 4.81. The summed E-state index contributed by atoms with van der Waals surface area (Å²) in [5.41, 5.74) is 5.64. The van der Waals surface area contributed by atoms with Crippen molar-refractivity contribution >= 4 is 11.7 Å². The van der Waals surface area contributed by atoms with Crippen molar-refractivity contribution in [3.05, 3.63) is 18.0 Å². The zero-order chi connectivity index (χ0) is 14.5. The Labute approximate surface area is 112 Å². The highest BCUT2D eigenvalue weighted by atomic mass is 16.4. The number of amidine groups is 1. The fourth-order valence-electron chi connectivity index (χ4n) is 1.68. The number of amides is 1. The molecule has 0 aliphatic rings. The molecule has 0 aliphatic heterocycles. The number of aryl methyl sites for hydroxylation is 1. The van der Waals surface area contributed by atoms with E-state index in [0.29, 0.717) is 19.4 Å². The molecule has 7 nitrogen and oxygen atoms in total. The number of carbonyl (C=O) groups is 1. The van der Waals surface area contributed by atoms with Gasteiger partial charge in [-0.05, 0) is 25.3 Å². The Morgan fingerprint density at radius 1 is 1.68 bits per heavy atom. The zero-order valence-electron chi connectivity index (χ0n) is 11.6. The minimum atomic E-state index is -0.982. The summed E-state index contributed by atoms with van der Waals surface area (Å²) in [4.78, 5) is 12.1. The third-order valence-corrected chi connectivity index (χ3v) is 3.34. The van der Waals surface area contributed by atoms with Crippen molar-refractivity contribution in [3.8, 4) is 0 Å². The van der Waals surface area contributed by atoms with Gasteiger partial charge in [0.1, 0.15) is 5.41 Å². The maximum atomic E-state index is 12.1. The van der Waals surface area contributed by atoms with Crippen molar-refractivity contribution in [2.75, 3.05) is 6.54 Å². The van der Waals surface area contributed by atoms with Gasteiger partial charge in [0, 0.05) is 19.8 Å². The Hall–Kier alpha value is -2.05. The van der Waals surface area contributed by atoms with Gasteiger partial charge in [0.25, 0.3) is 0 Å². The van der Waals surface area contributed by atoms with Crippen LogP contribution in [0.5, 0.6) is 0 Å². The standard InChI is InChI=1S/C12H21N5O2/c1-4-12(2,10(13)16-19)11(18)14-6-5-9-7-15-17(3)8-9/h7-8,19H,4-6H2,1-3H3,(H2,13,16)(H,14,18). The van der Waals surface area contributed by atoms with E-state index in [1.54, 1.807) is 17.8 Å². The molecule has 1 heterocycles. The van der Waals surface area contributed by atoms with Crippen LogP contribution in [0.3, 0.4) is 0 Å². The van der Waals surface area contributed by atoms with Crippen molar-refractivity contribution in [1.29, 1.82) is 0 Å². The highest BCUT2D eigenvalue weighted by Crippen LogP contribution is 2.21. The fourth-order valence-corrected chi connectivity index (χ4v) is 1.68. The summed E-state index contributed by atoms with van der Waals surface area (Å²) >= 11 is 0. The van der Waals surface area contributed by atoms with Crippen LogP contribution in [0, 0.1) is 5.41 Å². The lowest BCUT2D eigenvalue weighted by Crippen LogP contribution is -2.48. The minimum Gasteiger partial charge on any atom is -0.409 e. The number of hydrogen-bond donors (Lipinski definition) is 3. The lowest BCUT2D eigenvalue weighted by atomic mass is 9.85. The van der Waals surface area contributed by atoms with Gasteiger partial charge in [0.05, 0.1) is 6.20 Å². The lowest BCUT2D eigenvalue weighted by Gasteiger charge is -2.25. The monoisotopic (exact) mass is 267 g/mol. The number of hydrogen-bond acceptors (Lipinski definition) is 4. The van der Waals surface area contributed by atoms with Gasteiger partial charge in [-0.15, -0.1) is 0 Å². The molecule has 1 rings (SSSR count). The van der Waals surface area contributed by atoms with E-state index in [9.17, 15) is 4.79 Å². The SMILES string of the molecule is CCC(C)(C(=O)NCCc1cnn(C)c1)C(N)=NO. The molecular weight excluding hydrogens is 246 g/mol. The highest BCUT2D eigenvalue weighted by Gasteiger charge is 2.36. The molecule has 0 aliphatic carbocycles. The van der Waals surface area contributed by atoms with Crippen LogP contribution in [0.15, 0.2) is 17.5 Å². The number of aromatic nitrogens is 2. The summed E-state index contributed by atoms with van der Waals surface area (Å²) < 4.78 is 1.71. The van der Waals surface area contributed by atoms with E-state index < -0.39 is 5.41 Å². The average Bonchev–Trinajstić information content (AvgIpc) is 2.82. The van der Waals surface area contributed by atoms with Crippen LogP contribution >= 0.6 is 0 Å².